The van der Waals surface area contributed by atoms with Crippen molar-refractivity contribution < 1.29 is 4.74 Å². The van der Waals surface area contributed by atoms with E-state index >= 15 is 0 Å². The first-order chi connectivity index (χ1) is 10.3. The molecule has 0 aliphatic heterocycles. The number of aryl methyl sites for hydroxylation is 1. The molecule has 108 valence electrons. The van der Waals surface area contributed by atoms with E-state index in [1.54, 1.807) is 7.11 Å². The molecule has 1 aliphatic rings. The van der Waals surface area contributed by atoms with Gasteiger partial charge in [-0.2, -0.15) is 5.26 Å². The van der Waals surface area contributed by atoms with Crippen LogP contribution in [0.4, 0.5) is 0 Å². The maximum absolute atomic E-state index is 9.14. The molecule has 1 N–H and O–H groups in total. The molecule has 3 rings (SSSR count). The molecule has 21 heavy (non-hydrogen) atoms. The summed E-state index contributed by atoms with van der Waals surface area (Å²) in [6.45, 7) is 0.776. The number of nitriles is 1. The lowest BCUT2D eigenvalue weighted by atomic mass is 9.94. The highest BCUT2D eigenvalue weighted by Crippen LogP contribution is 2.33. The number of hydrogen-bond donors (Lipinski definition) is 1. The zero-order valence-corrected chi connectivity index (χ0v) is 12.9. The van der Waals surface area contributed by atoms with Crippen molar-refractivity contribution in [3.05, 3.63) is 51.2 Å². The monoisotopic (exact) mass is 298 g/mol. The lowest BCUT2D eigenvalue weighted by Gasteiger charge is -2.24. The summed E-state index contributed by atoms with van der Waals surface area (Å²) >= 11 is 1.86. The molecule has 0 fully saturated rings. The summed E-state index contributed by atoms with van der Waals surface area (Å²) in [5.74, 6) is 0.638. The summed E-state index contributed by atoms with van der Waals surface area (Å²) in [6, 6.07) is 10.7. The minimum absolute atomic E-state index is 0.438. The number of fused-ring (bicyclic) bond motifs is 1. The highest BCUT2D eigenvalue weighted by molar-refractivity contribution is 7.10. The standard InChI is InChI=1S/C17H18N2OS/c1-20-16-6-5-12(9-13(16)10-18)11-19-15-3-2-4-17-14(15)7-8-21-17/h5-9,15,19H,2-4,11H2,1H3. The van der Waals surface area contributed by atoms with Crippen molar-refractivity contribution in [3.63, 3.8) is 0 Å². The molecule has 0 saturated carbocycles. The van der Waals surface area contributed by atoms with Crippen LogP contribution >= 0.6 is 11.3 Å². The zero-order chi connectivity index (χ0) is 14.7. The topological polar surface area (TPSA) is 45.0 Å². The second kappa shape index (κ2) is 6.30. The molecule has 1 atom stereocenters. The Morgan fingerprint density at radius 2 is 2.33 bits per heavy atom. The van der Waals surface area contributed by atoms with Crippen LogP contribution in [0.3, 0.4) is 0 Å². The van der Waals surface area contributed by atoms with Crippen molar-refractivity contribution in [2.75, 3.05) is 7.11 Å². The van der Waals surface area contributed by atoms with Crippen LogP contribution in [0.15, 0.2) is 29.6 Å². The summed E-state index contributed by atoms with van der Waals surface area (Å²) < 4.78 is 5.18. The Balaban J connectivity index is 1.71. The second-order valence-corrected chi connectivity index (χ2v) is 6.27. The molecule has 2 aromatic rings. The zero-order valence-electron chi connectivity index (χ0n) is 12.1. The van der Waals surface area contributed by atoms with Crippen LogP contribution in [0.5, 0.6) is 5.75 Å². The van der Waals surface area contributed by atoms with Gasteiger partial charge in [-0.25, -0.2) is 0 Å². The number of thiophene rings is 1. The van der Waals surface area contributed by atoms with Gasteiger partial charge in [0, 0.05) is 17.5 Å². The first-order valence-corrected chi connectivity index (χ1v) is 8.06. The van der Waals surface area contributed by atoms with Crippen LogP contribution < -0.4 is 10.1 Å². The van der Waals surface area contributed by atoms with Crippen molar-refractivity contribution in [1.29, 1.82) is 5.26 Å². The molecular formula is C17H18N2OS. The Morgan fingerprint density at radius 3 is 3.14 bits per heavy atom. The quantitative estimate of drug-likeness (QED) is 0.934. The van der Waals surface area contributed by atoms with Gasteiger partial charge >= 0.3 is 0 Å². The predicted octanol–water partition coefficient (Wildman–Crippen LogP) is 3.80. The predicted molar refractivity (Wildman–Crippen MR) is 84.5 cm³/mol. The van der Waals surface area contributed by atoms with Gasteiger partial charge in [-0.05, 0) is 54.0 Å². The molecule has 4 heteroatoms. The molecule has 1 unspecified atom stereocenters. The van der Waals surface area contributed by atoms with Gasteiger partial charge in [0.1, 0.15) is 11.8 Å². The fourth-order valence-electron chi connectivity index (χ4n) is 2.89. The molecule has 1 heterocycles. The number of ether oxygens (including phenoxy) is 1. The second-order valence-electron chi connectivity index (χ2n) is 5.27. The van der Waals surface area contributed by atoms with E-state index in [0.29, 0.717) is 17.4 Å². The molecule has 1 aromatic carbocycles. The Hall–Kier alpha value is -1.83. The Morgan fingerprint density at radius 1 is 1.43 bits per heavy atom. The van der Waals surface area contributed by atoms with Gasteiger partial charge in [-0.15, -0.1) is 11.3 Å². The average Bonchev–Trinajstić information content (AvgIpc) is 3.01. The Kier molecular flexibility index (Phi) is 4.23. The Labute approximate surface area is 129 Å². The van der Waals surface area contributed by atoms with E-state index in [-0.39, 0.29) is 0 Å². The van der Waals surface area contributed by atoms with E-state index in [4.69, 9.17) is 10.00 Å². The molecular weight excluding hydrogens is 280 g/mol. The number of hydrogen-bond acceptors (Lipinski definition) is 4. The lowest BCUT2D eigenvalue weighted by molar-refractivity contribution is 0.413. The largest absolute Gasteiger partial charge is 0.495 e. The number of nitrogens with zero attached hydrogens (tertiary/aromatic N) is 1. The molecule has 0 saturated heterocycles. The summed E-state index contributed by atoms with van der Waals surface area (Å²) in [6.07, 6.45) is 3.65. The molecule has 1 aromatic heterocycles. The highest BCUT2D eigenvalue weighted by atomic mass is 32.1. The normalized spacial score (nSPS) is 17.0. The van der Waals surface area contributed by atoms with E-state index in [0.717, 1.165) is 12.1 Å². The number of methoxy groups -OCH3 is 1. The van der Waals surface area contributed by atoms with Crippen molar-refractivity contribution in [1.82, 2.24) is 5.32 Å². The van der Waals surface area contributed by atoms with Crippen molar-refractivity contribution in [3.8, 4) is 11.8 Å². The fraction of sp³-hybridized carbons (Fsp3) is 0.353. The Bertz CT molecular complexity index is 672. The lowest BCUT2D eigenvalue weighted by Crippen LogP contribution is -2.23. The highest BCUT2D eigenvalue weighted by Gasteiger charge is 2.20. The smallest absolute Gasteiger partial charge is 0.136 e. The van der Waals surface area contributed by atoms with Crippen LogP contribution in [-0.4, -0.2) is 7.11 Å². The molecule has 0 radical (unpaired) electrons. The third-order valence-electron chi connectivity index (χ3n) is 3.99. The summed E-state index contributed by atoms with van der Waals surface area (Å²) in [5.41, 5.74) is 3.17. The minimum Gasteiger partial charge on any atom is -0.495 e. The van der Waals surface area contributed by atoms with E-state index in [2.05, 4.69) is 22.8 Å². The van der Waals surface area contributed by atoms with Crippen molar-refractivity contribution >= 4 is 11.3 Å². The SMILES string of the molecule is COc1ccc(CNC2CCCc3sccc32)cc1C#N. The minimum atomic E-state index is 0.438. The number of rotatable bonds is 4. The first kappa shape index (κ1) is 14.1. The number of benzene rings is 1. The molecule has 0 spiro atoms. The van der Waals surface area contributed by atoms with E-state index in [1.807, 2.05) is 29.5 Å². The van der Waals surface area contributed by atoms with Gasteiger partial charge in [-0.1, -0.05) is 6.07 Å². The van der Waals surface area contributed by atoms with E-state index in [9.17, 15) is 0 Å². The third kappa shape index (κ3) is 2.94. The van der Waals surface area contributed by atoms with Crippen LogP contribution in [-0.2, 0) is 13.0 Å². The first-order valence-electron chi connectivity index (χ1n) is 7.18. The van der Waals surface area contributed by atoms with Gasteiger partial charge in [0.05, 0.1) is 12.7 Å². The summed E-state index contributed by atoms with van der Waals surface area (Å²) in [5, 5.41) is 15.0. The van der Waals surface area contributed by atoms with Crippen molar-refractivity contribution in [2.45, 2.75) is 31.8 Å². The molecule has 0 amide bonds. The van der Waals surface area contributed by atoms with Gasteiger partial charge < -0.3 is 10.1 Å². The van der Waals surface area contributed by atoms with Gasteiger partial charge in [0.25, 0.3) is 0 Å². The van der Waals surface area contributed by atoms with Crippen LogP contribution in [0.2, 0.25) is 0 Å². The maximum Gasteiger partial charge on any atom is 0.136 e. The fourth-order valence-corrected chi connectivity index (χ4v) is 3.88. The maximum atomic E-state index is 9.14. The van der Waals surface area contributed by atoms with Gasteiger partial charge in [0.2, 0.25) is 0 Å². The molecule has 0 bridgehead atoms. The van der Waals surface area contributed by atoms with Gasteiger partial charge in [-0.3, -0.25) is 0 Å². The van der Waals surface area contributed by atoms with Gasteiger partial charge in [0.15, 0.2) is 0 Å². The third-order valence-corrected chi connectivity index (χ3v) is 4.99. The van der Waals surface area contributed by atoms with Crippen LogP contribution in [0.25, 0.3) is 0 Å². The van der Waals surface area contributed by atoms with E-state index in [1.165, 1.54) is 29.7 Å². The molecule has 1 aliphatic carbocycles. The average molecular weight is 298 g/mol. The summed E-state index contributed by atoms with van der Waals surface area (Å²) in [4.78, 5) is 1.52. The van der Waals surface area contributed by atoms with E-state index < -0.39 is 0 Å². The van der Waals surface area contributed by atoms with Crippen LogP contribution in [0.1, 0.15) is 40.5 Å². The summed E-state index contributed by atoms with van der Waals surface area (Å²) in [7, 11) is 1.59. The van der Waals surface area contributed by atoms with Crippen molar-refractivity contribution in [2.24, 2.45) is 0 Å². The number of nitrogens with one attached hydrogen (secondary N) is 1. The molecule has 3 nitrogen and oxygen atoms in total. The van der Waals surface area contributed by atoms with Crippen LogP contribution in [0, 0.1) is 11.3 Å².